The Hall–Kier alpha value is -1.36. The highest BCUT2D eigenvalue weighted by atomic mass is 32.2. The highest BCUT2D eigenvalue weighted by Gasteiger charge is 2.40. The summed E-state index contributed by atoms with van der Waals surface area (Å²) in [5.41, 5.74) is 6.84. The Bertz CT molecular complexity index is 814. The summed E-state index contributed by atoms with van der Waals surface area (Å²) in [6.07, 6.45) is 1.50. The Balaban J connectivity index is 1.77. The van der Waals surface area contributed by atoms with Crippen molar-refractivity contribution in [3.8, 4) is 0 Å². The van der Waals surface area contributed by atoms with Crippen LogP contribution in [0.5, 0.6) is 0 Å². The van der Waals surface area contributed by atoms with E-state index in [4.69, 9.17) is 0 Å². The van der Waals surface area contributed by atoms with Crippen molar-refractivity contribution < 1.29 is 16.8 Å². The van der Waals surface area contributed by atoms with Gasteiger partial charge in [-0.2, -0.15) is 0 Å². The van der Waals surface area contributed by atoms with E-state index < -0.39 is 25.3 Å². The fourth-order valence-electron chi connectivity index (χ4n) is 3.40. The van der Waals surface area contributed by atoms with Crippen LogP contribution in [0, 0.1) is 0 Å². The molecule has 2 atom stereocenters. The zero-order chi connectivity index (χ0) is 18.2. The lowest BCUT2D eigenvalue weighted by Gasteiger charge is -2.28. The SMILES string of the molecule is CC1NNC(C)C1S(=O)(=O)Nc1ccc(N2CCCCS2(=O)=O)cc1. The second-order valence-electron chi connectivity index (χ2n) is 6.62. The summed E-state index contributed by atoms with van der Waals surface area (Å²) in [7, 11) is -6.85. The second-order valence-corrected chi connectivity index (χ2v) is 10.5. The minimum atomic E-state index is -3.58. The molecule has 0 saturated carbocycles. The highest BCUT2D eigenvalue weighted by Crippen LogP contribution is 2.26. The maximum atomic E-state index is 12.6. The zero-order valence-electron chi connectivity index (χ0n) is 14.3. The molecule has 0 aliphatic carbocycles. The fraction of sp³-hybridized carbons (Fsp3) is 0.600. The van der Waals surface area contributed by atoms with Crippen LogP contribution in [0.3, 0.4) is 0 Å². The molecule has 3 N–H and O–H groups in total. The third-order valence-corrected chi connectivity index (χ3v) is 8.57. The number of nitrogens with zero attached hydrogens (tertiary/aromatic N) is 1. The number of sulfonamides is 2. The molecule has 140 valence electrons. The average molecular weight is 389 g/mol. The van der Waals surface area contributed by atoms with Gasteiger partial charge in [0.2, 0.25) is 20.0 Å². The van der Waals surface area contributed by atoms with Crippen molar-refractivity contribution in [1.29, 1.82) is 0 Å². The van der Waals surface area contributed by atoms with Gasteiger partial charge in [-0.25, -0.2) is 16.8 Å². The van der Waals surface area contributed by atoms with Crippen LogP contribution in [-0.4, -0.2) is 46.5 Å². The Kier molecular flexibility index (Phi) is 4.97. The van der Waals surface area contributed by atoms with E-state index in [-0.39, 0.29) is 17.8 Å². The Morgan fingerprint density at radius 3 is 2.24 bits per heavy atom. The van der Waals surface area contributed by atoms with Crippen molar-refractivity contribution in [2.24, 2.45) is 0 Å². The highest BCUT2D eigenvalue weighted by molar-refractivity contribution is 7.93. The molecule has 3 rings (SSSR count). The Morgan fingerprint density at radius 1 is 1.08 bits per heavy atom. The van der Waals surface area contributed by atoms with Gasteiger partial charge in [0.15, 0.2) is 0 Å². The van der Waals surface area contributed by atoms with Crippen molar-refractivity contribution >= 4 is 31.4 Å². The predicted octanol–water partition coefficient (Wildman–Crippen LogP) is 0.612. The average Bonchev–Trinajstić information content (AvgIpc) is 2.87. The molecule has 10 heteroatoms. The van der Waals surface area contributed by atoms with Crippen molar-refractivity contribution in [3.05, 3.63) is 24.3 Å². The number of nitrogens with one attached hydrogen (secondary N) is 3. The summed E-state index contributed by atoms with van der Waals surface area (Å²) in [4.78, 5) is 0. The quantitative estimate of drug-likeness (QED) is 0.698. The molecule has 2 aliphatic heterocycles. The van der Waals surface area contributed by atoms with Crippen LogP contribution in [0.2, 0.25) is 0 Å². The molecule has 8 nitrogen and oxygen atoms in total. The first-order chi connectivity index (χ1) is 11.7. The van der Waals surface area contributed by atoms with Crippen LogP contribution in [0.25, 0.3) is 0 Å². The molecule has 1 aromatic rings. The standard InChI is InChI=1S/C15H24N4O4S2/c1-11-15(12(2)17-16-11)25(22,23)18-13-5-7-14(8-6-13)19-9-3-4-10-24(19,20)21/h5-8,11-12,15-18H,3-4,9-10H2,1-2H3. The first-order valence-corrected chi connectivity index (χ1v) is 11.5. The zero-order valence-corrected chi connectivity index (χ0v) is 15.9. The van der Waals surface area contributed by atoms with E-state index in [1.165, 1.54) is 4.31 Å². The van der Waals surface area contributed by atoms with E-state index in [0.717, 1.165) is 6.42 Å². The molecular formula is C15H24N4O4S2. The van der Waals surface area contributed by atoms with Crippen LogP contribution in [0.15, 0.2) is 24.3 Å². The molecule has 25 heavy (non-hydrogen) atoms. The minimum Gasteiger partial charge on any atom is -0.283 e. The van der Waals surface area contributed by atoms with E-state index in [2.05, 4.69) is 15.6 Å². The van der Waals surface area contributed by atoms with Crippen molar-refractivity contribution in [2.45, 2.75) is 44.0 Å². The van der Waals surface area contributed by atoms with Gasteiger partial charge in [-0.15, -0.1) is 0 Å². The van der Waals surface area contributed by atoms with E-state index >= 15 is 0 Å². The van der Waals surface area contributed by atoms with Gasteiger partial charge in [-0.3, -0.25) is 19.9 Å². The van der Waals surface area contributed by atoms with Crippen molar-refractivity contribution in [2.75, 3.05) is 21.3 Å². The third-order valence-electron chi connectivity index (χ3n) is 4.65. The Labute approximate surface area is 149 Å². The van der Waals surface area contributed by atoms with E-state index in [9.17, 15) is 16.8 Å². The predicted molar refractivity (Wildman–Crippen MR) is 98.3 cm³/mol. The van der Waals surface area contributed by atoms with Gasteiger partial charge in [0.25, 0.3) is 0 Å². The topological polar surface area (TPSA) is 108 Å². The third kappa shape index (κ3) is 3.76. The molecule has 0 aromatic heterocycles. The smallest absolute Gasteiger partial charge is 0.238 e. The number of hydrogen-bond acceptors (Lipinski definition) is 6. The summed E-state index contributed by atoms with van der Waals surface area (Å²) in [6, 6.07) is 6.04. The van der Waals surface area contributed by atoms with Gasteiger partial charge in [-0.05, 0) is 51.0 Å². The normalized spacial score (nSPS) is 29.5. The molecule has 2 heterocycles. The van der Waals surface area contributed by atoms with Gasteiger partial charge in [0.1, 0.15) is 5.25 Å². The molecule has 0 spiro atoms. The van der Waals surface area contributed by atoms with Gasteiger partial charge in [0.05, 0.1) is 11.4 Å². The largest absolute Gasteiger partial charge is 0.283 e. The summed E-state index contributed by atoms with van der Waals surface area (Å²) in [5.74, 6) is 0.152. The molecule has 2 unspecified atom stereocenters. The lowest BCUT2D eigenvalue weighted by molar-refractivity contribution is 0.564. The van der Waals surface area contributed by atoms with E-state index in [1.54, 1.807) is 24.3 Å². The maximum Gasteiger partial charge on any atom is 0.238 e. The lowest BCUT2D eigenvalue weighted by Crippen LogP contribution is -2.41. The summed E-state index contributed by atoms with van der Waals surface area (Å²) < 4.78 is 53.5. The first-order valence-electron chi connectivity index (χ1n) is 8.34. The minimum absolute atomic E-state index is 0.152. The van der Waals surface area contributed by atoms with Gasteiger partial charge >= 0.3 is 0 Å². The van der Waals surface area contributed by atoms with Gasteiger partial charge in [0, 0.05) is 24.3 Å². The summed E-state index contributed by atoms with van der Waals surface area (Å²) in [6.45, 7) is 4.08. The number of hydrazine groups is 1. The van der Waals surface area contributed by atoms with Crippen LogP contribution in [-0.2, 0) is 20.0 Å². The molecule has 2 fully saturated rings. The van der Waals surface area contributed by atoms with E-state index in [0.29, 0.717) is 24.3 Å². The van der Waals surface area contributed by atoms with Crippen molar-refractivity contribution in [3.63, 3.8) is 0 Å². The lowest BCUT2D eigenvalue weighted by atomic mass is 10.2. The van der Waals surface area contributed by atoms with E-state index in [1.807, 2.05) is 13.8 Å². The molecule has 2 aliphatic rings. The molecule has 0 amide bonds. The van der Waals surface area contributed by atoms with Crippen LogP contribution in [0.1, 0.15) is 26.7 Å². The summed E-state index contributed by atoms with van der Waals surface area (Å²) >= 11 is 0. The molecule has 2 saturated heterocycles. The fourth-order valence-corrected chi connectivity index (χ4v) is 6.86. The number of rotatable bonds is 4. The molecule has 1 aromatic carbocycles. The monoisotopic (exact) mass is 388 g/mol. The second kappa shape index (κ2) is 6.75. The van der Waals surface area contributed by atoms with Crippen LogP contribution >= 0.6 is 0 Å². The Morgan fingerprint density at radius 2 is 1.68 bits per heavy atom. The molecule has 0 radical (unpaired) electrons. The molecule has 0 bridgehead atoms. The van der Waals surface area contributed by atoms with Gasteiger partial charge in [-0.1, -0.05) is 0 Å². The maximum absolute atomic E-state index is 12.6. The first kappa shape index (κ1) is 18.4. The summed E-state index contributed by atoms with van der Waals surface area (Å²) in [5, 5.41) is -0.602. The number of hydrogen-bond donors (Lipinski definition) is 3. The van der Waals surface area contributed by atoms with Gasteiger partial charge < -0.3 is 0 Å². The molecular weight excluding hydrogens is 364 g/mol. The number of benzene rings is 1. The van der Waals surface area contributed by atoms with Crippen LogP contribution < -0.4 is 19.9 Å². The number of anilines is 2. The van der Waals surface area contributed by atoms with Crippen LogP contribution in [0.4, 0.5) is 11.4 Å². The van der Waals surface area contributed by atoms with Crippen molar-refractivity contribution in [1.82, 2.24) is 10.9 Å².